The third kappa shape index (κ3) is 5.66. The number of rotatable bonds is 4. The van der Waals surface area contributed by atoms with Gasteiger partial charge in [-0.05, 0) is 67.3 Å². The van der Waals surface area contributed by atoms with E-state index >= 15 is 0 Å². The van der Waals surface area contributed by atoms with Gasteiger partial charge in [0.15, 0.2) is 0 Å². The van der Waals surface area contributed by atoms with Crippen LogP contribution in [-0.4, -0.2) is 33.9 Å². The fourth-order valence-electron chi connectivity index (χ4n) is 3.57. The minimum Gasteiger partial charge on any atom is -0.497 e. The molecule has 2 aromatic heterocycles. The number of nitrogens with zero attached hydrogens (tertiary/aromatic N) is 3. The van der Waals surface area contributed by atoms with E-state index < -0.39 is 0 Å². The molecule has 1 fully saturated rings. The number of methoxy groups -OCH3 is 1. The second kappa shape index (κ2) is 10.5. The molecule has 0 bridgehead atoms. The first-order valence-corrected chi connectivity index (χ1v) is 11.2. The number of pyridine rings is 1. The highest BCUT2D eigenvalue weighted by Gasteiger charge is 2.11. The predicted molar refractivity (Wildman–Crippen MR) is 125 cm³/mol. The molecule has 0 atom stereocenters. The van der Waals surface area contributed by atoms with Gasteiger partial charge < -0.3 is 9.14 Å². The number of hydrogen-bond acceptors (Lipinski definition) is 4. The third-order valence-corrected chi connectivity index (χ3v) is 6.22. The zero-order chi connectivity index (χ0) is 21.5. The van der Waals surface area contributed by atoms with E-state index in [1.165, 1.54) is 25.3 Å². The number of halogens is 1. The third-order valence-electron chi connectivity index (χ3n) is 5.13. The van der Waals surface area contributed by atoms with Gasteiger partial charge in [0.2, 0.25) is 0 Å². The molecule has 3 heterocycles. The quantitative estimate of drug-likeness (QED) is 0.351. The van der Waals surface area contributed by atoms with E-state index in [0.717, 1.165) is 40.5 Å². The molecule has 2 aromatic carbocycles. The average Bonchev–Trinajstić information content (AvgIpc) is 3.25. The summed E-state index contributed by atoms with van der Waals surface area (Å²) in [6.45, 7) is 2.25. The van der Waals surface area contributed by atoms with Crippen molar-refractivity contribution in [2.45, 2.75) is 24.2 Å². The summed E-state index contributed by atoms with van der Waals surface area (Å²) >= 11 is 1.67. The molecular formula is C25H26FN3OS. The van der Waals surface area contributed by atoms with E-state index in [9.17, 15) is 4.39 Å². The molecule has 0 N–H and O–H groups in total. The van der Waals surface area contributed by atoms with Gasteiger partial charge >= 0.3 is 0 Å². The molecule has 4 nitrogen and oxygen atoms in total. The van der Waals surface area contributed by atoms with Crippen LogP contribution in [0.1, 0.15) is 19.3 Å². The second-order valence-electron chi connectivity index (χ2n) is 7.36. The van der Waals surface area contributed by atoms with Crippen LogP contribution in [0.5, 0.6) is 5.75 Å². The normalized spacial score (nSPS) is 14.1. The molecular weight excluding hydrogens is 409 g/mol. The van der Waals surface area contributed by atoms with E-state index in [1.54, 1.807) is 31.2 Å². The van der Waals surface area contributed by atoms with Crippen LogP contribution in [-0.2, 0) is 0 Å². The molecule has 1 aliphatic heterocycles. The highest BCUT2D eigenvalue weighted by Crippen LogP contribution is 2.27. The van der Waals surface area contributed by atoms with E-state index in [4.69, 9.17) is 4.74 Å². The smallest absolute Gasteiger partial charge is 0.124 e. The summed E-state index contributed by atoms with van der Waals surface area (Å²) in [4.78, 5) is 5.45. The lowest BCUT2D eigenvalue weighted by Gasteiger charge is -2.24. The maximum atomic E-state index is 12.9. The van der Waals surface area contributed by atoms with Crippen molar-refractivity contribution in [2.24, 2.45) is 0 Å². The molecule has 31 heavy (non-hydrogen) atoms. The molecule has 0 radical (unpaired) electrons. The maximum Gasteiger partial charge on any atom is 0.124 e. The Kier molecular flexibility index (Phi) is 7.22. The largest absolute Gasteiger partial charge is 0.497 e. The first-order chi connectivity index (χ1) is 15.2. The highest BCUT2D eigenvalue weighted by atomic mass is 32.2. The summed E-state index contributed by atoms with van der Waals surface area (Å²) in [5, 5.41) is 0. The zero-order valence-corrected chi connectivity index (χ0v) is 18.4. The molecule has 0 unspecified atom stereocenters. The maximum absolute atomic E-state index is 12.9. The summed E-state index contributed by atoms with van der Waals surface area (Å²) in [7, 11) is 1.67. The molecule has 160 valence electrons. The minimum atomic E-state index is -0.146. The molecule has 0 aliphatic carbocycles. The van der Waals surface area contributed by atoms with Crippen LogP contribution in [0.15, 0.2) is 84.1 Å². The van der Waals surface area contributed by atoms with Crippen molar-refractivity contribution in [1.29, 1.82) is 0 Å². The van der Waals surface area contributed by atoms with Crippen LogP contribution in [0.4, 0.5) is 4.39 Å². The van der Waals surface area contributed by atoms with Crippen molar-refractivity contribution < 1.29 is 9.13 Å². The topological polar surface area (TPSA) is 29.8 Å². The summed E-state index contributed by atoms with van der Waals surface area (Å²) < 4.78 is 22.4. The Bertz CT molecular complexity index is 1120. The monoisotopic (exact) mass is 435 g/mol. The summed E-state index contributed by atoms with van der Waals surface area (Å²) in [5.41, 5.74) is 3.14. The molecule has 0 amide bonds. The molecule has 1 aliphatic rings. The van der Waals surface area contributed by atoms with Crippen LogP contribution in [0.25, 0.3) is 16.8 Å². The minimum absolute atomic E-state index is 0.146. The molecule has 4 aromatic rings. The molecule has 5 rings (SSSR count). The second-order valence-corrected chi connectivity index (χ2v) is 8.53. The highest BCUT2D eigenvalue weighted by molar-refractivity contribution is 7.97. The Balaban J connectivity index is 0.000000152. The van der Waals surface area contributed by atoms with Gasteiger partial charge in [0.05, 0.1) is 24.6 Å². The van der Waals surface area contributed by atoms with Gasteiger partial charge in [-0.25, -0.2) is 13.7 Å². The lowest BCUT2D eigenvalue weighted by atomic mass is 10.1. The summed E-state index contributed by atoms with van der Waals surface area (Å²) in [6, 6.07) is 20.8. The SMILES string of the molecule is COc1cccc(-c2ncn3ccccc23)c1.Fc1cccc(SN2CCCCC2)c1. The van der Waals surface area contributed by atoms with Crippen LogP contribution in [0.3, 0.4) is 0 Å². The van der Waals surface area contributed by atoms with Crippen molar-refractivity contribution in [1.82, 2.24) is 13.7 Å². The summed E-state index contributed by atoms with van der Waals surface area (Å²) in [5.74, 6) is 0.701. The van der Waals surface area contributed by atoms with Gasteiger partial charge in [0, 0.05) is 29.7 Å². The number of aromatic nitrogens is 2. The molecule has 0 saturated carbocycles. The Morgan fingerprint density at radius 3 is 2.58 bits per heavy atom. The van der Waals surface area contributed by atoms with Gasteiger partial charge in [-0.15, -0.1) is 0 Å². The first kappa shape index (κ1) is 21.4. The van der Waals surface area contributed by atoms with Crippen LogP contribution in [0.2, 0.25) is 0 Å². The molecule has 1 saturated heterocycles. The Morgan fingerprint density at radius 1 is 0.935 bits per heavy atom. The number of fused-ring (bicyclic) bond motifs is 1. The van der Waals surface area contributed by atoms with E-state index in [2.05, 4.69) is 15.4 Å². The van der Waals surface area contributed by atoms with Crippen molar-refractivity contribution in [3.05, 3.63) is 85.1 Å². The van der Waals surface area contributed by atoms with Gasteiger partial charge in [-0.1, -0.05) is 30.7 Å². The predicted octanol–water partition coefficient (Wildman–Crippen LogP) is 6.33. The van der Waals surface area contributed by atoms with Crippen molar-refractivity contribution in [2.75, 3.05) is 20.2 Å². The number of hydrogen-bond donors (Lipinski definition) is 0. The van der Waals surface area contributed by atoms with Crippen molar-refractivity contribution >= 4 is 17.5 Å². The number of ether oxygens (including phenoxy) is 1. The summed E-state index contributed by atoms with van der Waals surface area (Å²) in [6.07, 6.45) is 7.68. The van der Waals surface area contributed by atoms with Crippen LogP contribution >= 0.6 is 11.9 Å². The Labute approximate surface area is 186 Å². The van der Waals surface area contributed by atoms with Gasteiger partial charge in [0.1, 0.15) is 11.6 Å². The van der Waals surface area contributed by atoms with Crippen LogP contribution < -0.4 is 4.74 Å². The van der Waals surface area contributed by atoms with E-state index in [-0.39, 0.29) is 5.82 Å². The molecule has 6 heteroatoms. The lowest BCUT2D eigenvalue weighted by Crippen LogP contribution is -2.22. The Morgan fingerprint density at radius 2 is 1.77 bits per heavy atom. The first-order valence-electron chi connectivity index (χ1n) is 10.5. The number of piperidine rings is 1. The zero-order valence-electron chi connectivity index (χ0n) is 17.6. The standard InChI is InChI=1S/C14H12N2O.C11H14FNS/c1-17-12-6-4-5-11(9-12)14-13-7-2-3-8-16(13)10-15-14;12-10-5-4-6-11(9-10)14-13-7-2-1-3-8-13/h2-10H,1H3;4-6,9H,1-3,7-8H2. The van der Waals surface area contributed by atoms with Crippen molar-refractivity contribution in [3.63, 3.8) is 0 Å². The van der Waals surface area contributed by atoms with Gasteiger partial charge in [0.25, 0.3) is 0 Å². The van der Waals surface area contributed by atoms with E-state index in [0.29, 0.717) is 0 Å². The fraction of sp³-hybridized carbons (Fsp3) is 0.240. The fourth-order valence-corrected chi connectivity index (χ4v) is 4.61. The van der Waals surface area contributed by atoms with Gasteiger partial charge in [-0.2, -0.15) is 0 Å². The lowest BCUT2D eigenvalue weighted by molar-refractivity contribution is 0.380. The number of imidazole rings is 1. The number of benzene rings is 2. The van der Waals surface area contributed by atoms with Gasteiger partial charge in [-0.3, -0.25) is 0 Å². The average molecular weight is 436 g/mol. The van der Waals surface area contributed by atoms with Crippen molar-refractivity contribution in [3.8, 4) is 17.0 Å². The van der Waals surface area contributed by atoms with Crippen LogP contribution in [0, 0.1) is 5.82 Å². The van der Waals surface area contributed by atoms with E-state index in [1.807, 2.05) is 59.4 Å². The molecule has 0 spiro atoms. The Hall–Kier alpha value is -2.83.